The molecule has 0 radical (unpaired) electrons. The number of ether oxygens (including phenoxy) is 2. The number of anilines is 1. The Balaban J connectivity index is 1.29. The monoisotopic (exact) mass is 567 g/mol. The Kier molecular flexibility index (Phi) is 6.53. The first kappa shape index (κ1) is 26.1. The normalized spacial score (nSPS) is 16.2. The number of carbonyl (C=O) groups is 1. The highest BCUT2D eigenvalue weighted by atomic mass is 32.1. The lowest BCUT2D eigenvalue weighted by Crippen LogP contribution is -2.37. The highest BCUT2D eigenvalue weighted by molar-refractivity contribution is 7.22. The van der Waals surface area contributed by atoms with Gasteiger partial charge in [0.25, 0.3) is 0 Å². The minimum absolute atomic E-state index is 0.0696. The molecule has 0 bridgehead atoms. The van der Waals surface area contributed by atoms with Crippen LogP contribution in [0.3, 0.4) is 0 Å². The van der Waals surface area contributed by atoms with Crippen molar-refractivity contribution < 1.29 is 14.3 Å². The SMILES string of the molecule is CCc1c(C)cc2nc(-c3ccc4c(c3)c(N3CCN(CC5OCCO5)C3=O)nn4C)sc2c1-c1ccc(C)cc1. The standard InChI is InChI=1S/C32H33N5O3S/c1-5-23-20(3)16-25-29(28(23)21-8-6-19(2)7-9-21)41-31(33-25)22-10-11-26-24(17-22)30(34-35(26)4)37-13-12-36(32(37)38)18-27-39-14-15-40-27/h6-11,16-17,27H,5,12-15,18H2,1-4H3. The second-order valence-electron chi connectivity index (χ2n) is 10.9. The number of fused-ring (bicyclic) bond motifs is 2. The average molecular weight is 568 g/mol. The Bertz CT molecular complexity index is 1790. The molecule has 0 N–H and O–H groups in total. The van der Waals surface area contributed by atoms with E-state index in [4.69, 9.17) is 19.6 Å². The van der Waals surface area contributed by atoms with Crippen LogP contribution in [0.15, 0.2) is 48.5 Å². The molecule has 3 aromatic carbocycles. The second-order valence-corrected chi connectivity index (χ2v) is 11.9. The van der Waals surface area contributed by atoms with Crippen molar-refractivity contribution in [3.05, 3.63) is 65.2 Å². The van der Waals surface area contributed by atoms with Crippen molar-refractivity contribution in [1.29, 1.82) is 0 Å². The van der Waals surface area contributed by atoms with Crippen molar-refractivity contribution in [2.75, 3.05) is 37.7 Å². The molecule has 5 aromatic rings. The van der Waals surface area contributed by atoms with Gasteiger partial charge in [-0.2, -0.15) is 5.10 Å². The number of hydrogen-bond acceptors (Lipinski definition) is 6. The summed E-state index contributed by atoms with van der Waals surface area (Å²) in [7, 11) is 1.92. The summed E-state index contributed by atoms with van der Waals surface area (Å²) in [5, 5.41) is 6.68. The lowest BCUT2D eigenvalue weighted by molar-refractivity contribution is -0.0530. The van der Waals surface area contributed by atoms with E-state index in [1.165, 1.54) is 32.5 Å². The molecule has 41 heavy (non-hydrogen) atoms. The third kappa shape index (κ3) is 4.48. The van der Waals surface area contributed by atoms with Crippen LogP contribution in [0.1, 0.15) is 23.6 Å². The largest absolute Gasteiger partial charge is 0.348 e. The van der Waals surface area contributed by atoms with Crippen molar-refractivity contribution in [3.8, 4) is 21.7 Å². The number of thiazole rings is 1. The minimum atomic E-state index is -0.355. The molecular weight excluding hydrogens is 534 g/mol. The van der Waals surface area contributed by atoms with Gasteiger partial charge in [0.05, 0.1) is 35.5 Å². The van der Waals surface area contributed by atoms with E-state index in [0.29, 0.717) is 38.7 Å². The van der Waals surface area contributed by atoms with E-state index in [1.54, 1.807) is 21.1 Å². The lowest BCUT2D eigenvalue weighted by Gasteiger charge is -2.20. The molecule has 0 aliphatic carbocycles. The van der Waals surface area contributed by atoms with Crippen LogP contribution < -0.4 is 4.90 Å². The van der Waals surface area contributed by atoms with E-state index >= 15 is 0 Å². The Labute approximate surface area is 243 Å². The number of rotatable bonds is 6. The van der Waals surface area contributed by atoms with Gasteiger partial charge in [-0.3, -0.25) is 9.58 Å². The Morgan fingerprint density at radius 2 is 1.76 bits per heavy atom. The lowest BCUT2D eigenvalue weighted by atomic mass is 9.93. The molecule has 4 heterocycles. The number of carbonyl (C=O) groups excluding carboxylic acids is 1. The van der Waals surface area contributed by atoms with Gasteiger partial charge in [-0.05, 0) is 61.2 Å². The molecule has 2 aliphatic rings. The molecule has 0 unspecified atom stereocenters. The van der Waals surface area contributed by atoms with Crippen molar-refractivity contribution in [3.63, 3.8) is 0 Å². The molecule has 2 amide bonds. The number of aromatic nitrogens is 3. The zero-order chi connectivity index (χ0) is 28.2. The number of amides is 2. The van der Waals surface area contributed by atoms with Crippen molar-refractivity contribution >= 4 is 44.3 Å². The van der Waals surface area contributed by atoms with Gasteiger partial charge in [0.1, 0.15) is 5.01 Å². The Hall–Kier alpha value is -3.79. The highest BCUT2D eigenvalue weighted by Gasteiger charge is 2.35. The highest BCUT2D eigenvalue weighted by Crippen LogP contribution is 2.42. The van der Waals surface area contributed by atoms with Crippen LogP contribution in [0.25, 0.3) is 42.8 Å². The smallest absolute Gasteiger partial charge is 0.326 e. The summed E-state index contributed by atoms with van der Waals surface area (Å²) in [6, 6.07) is 17.3. The van der Waals surface area contributed by atoms with Crippen LogP contribution in [0.5, 0.6) is 0 Å². The molecule has 2 fully saturated rings. The van der Waals surface area contributed by atoms with E-state index < -0.39 is 0 Å². The van der Waals surface area contributed by atoms with Crippen LogP contribution >= 0.6 is 11.3 Å². The van der Waals surface area contributed by atoms with Gasteiger partial charge in [-0.15, -0.1) is 11.3 Å². The Morgan fingerprint density at radius 3 is 2.51 bits per heavy atom. The maximum Gasteiger partial charge on any atom is 0.326 e. The van der Waals surface area contributed by atoms with Gasteiger partial charge < -0.3 is 14.4 Å². The molecule has 210 valence electrons. The summed E-state index contributed by atoms with van der Waals surface area (Å²) in [5.41, 5.74) is 9.41. The topological polar surface area (TPSA) is 72.7 Å². The zero-order valence-corrected chi connectivity index (χ0v) is 24.6. The van der Waals surface area contributed by atoms with Gasteiger partial charge in [-0.1, -0.05) is 36.8 Å². The quantitative estimate of drug-likeness (QED) is 0.240. The summed E-state index contributed by atoms with van der Waals surface area (Å²) in [6.45, 7) is 9.28. The number of nitrogens with zero attached hydrogens (tertiary/aromatic N) is 5. The fourth-order valence-corrected chi connectivity index (χ4v) is 7.20. The molecule has 9 heteroatoms. The minimum Gasteiger partial charge on any atom is -0.348 e. The van der Waals surface area contributed by atoms with Crippen LogP contribution in [0.4, 0.5) is 10.6 Å². The third-order valence-electron chi connectivity index (χ3n) is 8.19. The van der Waals surface area contributed by atoms with E-state index in [9.17, 15) is 4.79 Å². The van der Waals surface area contributed by atoms with Crippen LogP contribution in [-0.2, 0) is 22.9 Å². The number of benzene rings is 3. The molecular formula is C32H33N5O3S. The Morgan fingerprint density at radius 1 is 1.00 bits per heavy atom. The zero-order valence-electron chi connectivity index (χ0n) is 23.8. The molecule has 0 atom stereocenters. The van der Waals surface area contributed by atoms with Crippen LogP contribution in [0, 0.1) is 13.8 Å². The summed E-state index contributed by atoms with van der Waals surface area (Å²) < 4.78 is 14.2. The fraction of sp³-hybridized carbons (Fsp3) is 0.344. The van der Waals surface area contributed by atoms with Crippen LogP contribution in [0.2, 0.25) is 0 Å². The first-order valence-electron chi connectivity index (χ1n) is 14.2. The van der Waals surface area contributed by atoms with Gasteiger partial charge in [0, 0.05) is 36.7 Å². The predicted molar refractivity (Wildman–Crippen MR) is 164 cm³/mol. The first-order valence-corrected chi connectivity index (χ1v) is 15.0. The molecule has 2 aliphatic heterocycles. The number of hydrogen-bond donors (Lipinski definition) is 0. The van der Waals surface area contributed by atoms with E-state index in [2.05, 4.69) is 69.3 Å². The molecule has 7 rings (SSSR count). The van der Waals surface area contributed by atoms with Crippen LogP contribution in [-0.4, -0.2) is 64.8 Å². The van der Waals surface area contributed by atoms with Gasteiger partial charge in [0.15, 0.2) is 12.1 Å². The fourth-order valence-electron chi connectivity index (χ4n) is 6.06. The molecule has 2 saturated heterocycles. The number of aryl methyl sites for hydroxylation is 3. The maximum absolute atomic E-state index is 13.4. The van der Waals surface area contributed by atoms with Gasteiger partial charge in [0.2, 0.25) is 0 Å². The molecule has 0 saturated carbocycles. The molecule has 2 aromatic heterocycles. The van der Waals surface area contributed by atoms with Crippen molar-refractivity contribution in [2.24, 2.45) is 7.05 Å². The maximum atomic E-state index is 13.4. The summed E-state index contributed by atoms with van der Waals surface area (Å²) >= 11 is 1.73. The predicted octanol–water partition coefficient (Wildman–Crippen LogP) is 6.31. The van der Waals surface area contributed by atoms with Crippen molar-refractivity contribution in [1.82, 2.24) is 19.7 Å². The van der Waals surface area contributed by atoms with Gasteiger partial charge in [-0.25, -0.2) is 9.78 Å². The van der Waals surface area contributed by atoms with E-state index in [1.807, 2.05) is 11.7 Å². The second kappa shape index (κ2) is 10.2. The molecule has 8 nitrogen and oxygen atoms in total. The summed E-state index contributed by atoms with van der Waals surface area (Å²) in [4.78, 5) is 22.1. The number of urea groups is 1. The van der Waals surface area contributed by atoms with E-state index in [0.717, 1.165) is 33.4 Å². The van der Waals surface area contributed by atoms with Gasteiger partial charge >= 0.3 is 6.03 Å². The average Bonchev–Trinajstić information content (AvgIpc) is 3.77. The van der Waals surface area contributed by atoms with E-state index in [-0.39, 0.29) is 12.3 Å². The molecule has 0 spiro atoms. The summed E-state index contributed by atoms with van der Waals surface area (Å²) in [6.07, 6.45) is 0.606. The third-order valence-corrected chi connectivity index (χ3v) is 9.33. The summed E-state index contributed by atoms with van der Waals surface area (Å²) in [5.74, 6) is 0.677. The first-order chi connectivity index (χ1) is 19.9. The van der Waals surface area contributed by atoms with Crippen molar-refractivity contribution in [2.45, 2.75) is 33.5 Å².